The van der Waals surface area contributed by atoms with Gasteiger partial charge in [0.05, 0.1) is 0 Å². The first-order valence-electron chi connectivity index (χ1n) is 7.48. The van der Waals surface area contributed by atoms with Gasteiger partial charge in [0.15, 0.2) is 12.4 Å². The van der Waals surface area contributed by atoms with Crippen LogP contribution in [0.3, 0.4) is 0 Å². The van der Waals surface area contributed by atoms with E-state index in [-0.39, 0.29) is 12.5 Å². The van der Waals surface area contributed by atoms with Crippen LogP contribution in [0.4, 0.5) is 5.82 Å². The van der Waals surface area contributed by atoms with Crippen LogP contribution >= 0.6 is 0 Å². The maximum Gasteiger partial charge on any atom is 0.336 e. The molecule has 3 rings (SSSR count). The number of amides is 1. The van der Waals surface area contributed by atoms with Crippen LogP contribution in [0.25, 0.3) is 11.0 Å². The van der Waals surface area contributed by atoms with Gasteiger partial charge in [-0.1, -0.05) is 12.1 Å². The number of nitrogens with one attached hydrogen (secondary N) is 1. The molecule has 1 N–H and O–H groups in total. The van der Waals surface area contributed by atoms with Crippen molar-refractivity contribution in [1.29, 1.82) is 0 Å². The van der Waals surface area contributed by atoms with E-state index < -0.39 is 5.63 Å². The Hall–Kier alpha value is -3.09. The molecule has 1 aromatic carbocycles. The molecule has 24 heavy (non-hydrogen) atoms. The lowest BCUT2D eigenvalue weighted by atomic mass is 10.1. The van der Waals surface area contributed by atoms with E-state index in [1.165, 1.54) is 6.07 Å². The molecular weight excluding hydrogens is 312 g/mol. The van der Waals surface area contributed by atoms with Gasteiger partial charge >= 0.3 is 5.63 Å². The van der Waals surface area contributed by atoms with Crippen molar-refractivity contribution < 1.29 is 18.5 Å². The normalized spacial score (nSPS) is 10.8. The molecule has 0 atom stereocenters. The van der Waals surface area contributed by atoms with Gasteiger partial charge in [-0.15, -0.1) is 0 Å². The number of rotatable bonds is 5. The fraction of sp³-hybridized carbons (Fsp3) is 0.235. The highest BCUT2D eigenvalue weighted by Crippen LogP contribution is 2.23. The minimum atomic E-state index is -0.407. The van der Waals surface area contributed by atoms with E-state index in [4.69, 9.17) is 13.7 Å². The standard InChI is InChI=1S/C17H16N2O5/c1-3-11-7-17(21)23-14-8-12(4-5-13(11)14)22-9-16(20)18-15-6-10(2)24-19-15/h4-8H,3,9H2,1-2H3,(H,18,19,20). The second kappa shape index (κ2) is 6.57. The third-order valence-electron chi connectivity index (χ3n) is 3.45. The SMILES string of the molecule is CCc1cc(=O)oc2cc(OCC(=O)Nc3cc(C)on3)ccc12. The Bertz CT molecular complexity index is 942. The molecule has 0 fully saturated rings. The lowest BCUT2D eigenvalue weighted by molar-refractivity contribution is -0.118. The predicted octanol–water partition coefficient (Wildman–Crippen LogP) is 2.67. The molecule has 0 spiro atoms. The number of carbonyl (C=O) groups is 1. The fourth-order valence-corrected chi connectivity index (χ4v) is 2.35. The molecule has 0 aliphatic rings. The van der Waals surface area contributed by atoms with Crippen LogP contribution in [-0.2, 0) is 11.2 Å². The topological polar surface area (TPSA) is 94.6 Å². The van der Waals surface area contributed by atoms with Gasteiger partial charge in [-0.05, 0) is 31.0 Å². The highest BCUT2D eigenvalue weighted by Gasteiger charge is 2.09. The molecule has 0 aliphatic heterocycles. The first kappa shape index (κ1) is 15.8. The Kier molecular flexibility index (Phi) is 4.33. The van der Waals surface area contributed by atoms with E-state index in [9.17, 15) is 9.59 Å². The van der Waals surface area contributed by atoms with Crippen LogP contribution < -0.4 is 15.7 Å². The highest BCUT2D eigenvalue weighted by atomic mass is 16.5. The molecular formula is C17H16N2O5. The average molecular weight is 328 g/mol. The number of fused-ring (bicyclic) bond motifs is 1. The molecule has 0 radical (unpaired) electrons. The molecule has 2 heterocycles. The lowest BCUT2D eigenvalue weighted by Gasteiger charge is -2.08. The van der Waals surface area contributed by atoms with E-state index in [1.807, 2.05) is 13.0 Å². The van der Waals surface area contributed by atoms with Crippen molar-refractivity contribution in [2.24, 2.45) is 0 Å². The first-order chi connectivity index (χ1) is 11.5. The van der Waals surface area contributed by atoms with Crippen LogP contribution in [0.5, 0.6) is 5.75 Å². The van der Waals surface area contributed by atoms with E-state index >= 15 is 0 Å². The molecule has 2 aromatic heterocycles. The van der Waals surface area contributed by atoms with Crippen molar-refractivity contribution in [3.05, 3.63) is 52.1 Å². The van der Waals surface area contributed by atoms with E-state index in [1.54, 1.807) is 25.1 Å². The number of aryl methyl sites for hydroxylation is 2. The smallest absolute Gasteiger partial charge is 0.336 e. The zero-order valence-corrected chi connectivity index (χ0v) is 13.3. The summed E-state index contributed by atoms with van der Waals surface area (Å²) in [5.74, 6) is 0.998. The van der Waals surface area contributed by atoms with Crippen molar-refractivity contribution >= 4 is 22.7 Å². The van der Waals surface area contributed by atoms with Crippen molar-refractivity contribution in [1.82, 2.24) is 5.16 Å². The zero-order valence-electron chi connectivity index (χ0n) is 13.3. The van der Waals surface area contributed by atoms with Gasteiger partial charge in [-0.25, -0.2) is 4.79 Å². The number of hydrogen-bond donors (Lipinski definition) is 1. The molecule has 3 aromatic rings. The van der Waals surface area contributed by atoms with E-state index in [0.717, 1.165) is 17.4 Å². The maximum absolute atomic E-state index is 11.8. The van der Waals surface area contributed by atoms with Crippen LogP contribution in [0.15, 0.2) is 44.1 Å². The Morgan fingerprint density at radius 2 is 2.12 bits per heavy atom. The van der Waals surface area contributed by atoms with Crippen LogP contribution in [0, 0.1) is 6.92 Å². The van der Waals surface area contributed by atoms with Crippen molar-refractivity contribution in [2.75, 3.05) is 11.9 Å². The lowest BCUT2D eigenvalue weighted by Crippen LogP contribution is -2.20. The largest absolute Gasteiger partial charge is 0.484 e. The van der Waals surface area contributed by atoms with Gasteiger partial charge in [-0.3, -0.25) is 4.79 Å². The molecule has 0 bridgehead atoms. The Labute approximate surface area is 137 Å². The first-order valence-corrected chi connectivity index (χ1v) is 7.48. The number of hydrogen-bond acceptors (Lipinski definition) is 6. The van der Waals surface area contributed by atoms with Crippen LogP contribution in [0.2, 0.25) is 0 Å². The summed E-state index contributed by atoms with van der Waals surface area (Å²) in [5, 5.41) is 7.08. The Balaban J connectivity index is 1.71. The molecule has 7 heteroatoms. The number of aromatic nitrogens is 1. The molecule has 7 nitrogen and oxygen atoms in total. The van der Waals surface area contributed by atoms with E-state index in [0.29, 0.717) is 22.9 Å². The number of benzene rings is 1. The van der Waals surface area contributed by atoms with Gasteiger partial charge in [0, 0.05) is 23.6 Å². The minimum absolute atomic E-state index is 0.199. The number of anilines is 1. The number of carbonyl (C=O) groups excluding carboxylic acids is 1. The minimum Gasteiger partial charge on any atom is -0.484 e. The number of nitrogens with zero attached hydrogens (tertiary/aromatic N) is 1. The summed E-state index contributed by atoms with van der Waals surface area (Å²) in [6, 6.07) is 8.23. The fourth-order valence-electron chi connectivity index (χ4n) is 2.35. The summed E-state index contributed by atoms with van der Waals surface area (Å²) < 4.78 is 15.5. The van der Waals surface area contributed by atoms with Crippen LogP contribution in [-0.4, -0.2) is 17.7 Å². The zero-order chi connectivity index (χ0) is 17.1. The third kappa shape index (κ3) is 3.45. The maximum atomic E-state index is 11.8. The van der Waals surface area contributed by atoms with Gasteiger partial charge in [0.2, 0.25) is 0 Å². The van der Waals surface area contributed by atoms with Gasteiger partial charge in [0.25, 0.3) is 5.91 Å². The Morgan fingerprint density at radius 3 is 2.83 bits per heavy atom. The molecule has 0 unspecified atom stereocenters. The van der Waals surface area contributed by atoms with Crippen molar-refractivity contribution in [3.63, 3.8) is 0 Å². The second-order valence-electron chi connectivity index (χ2n) is 5.26. The quantitative estimate of drug-likeness (QED) is 0.724. The third-order valence-corrected chi connectivity index (χ3v) is 3.45. The van der Waals surface area contributed by atoms with E-state index in [2.05, 4.69) is 10.5 Å². The van der Waals surface area contributed by atoms with Crippen LogP contribution in [0.1, 0.15) is 18.2 Å². The second-order valence-corrected chi connectivity index (χ2v) is 5.26. The Morgan fingerprint density at radius 1 is 1.29 bits per heavy atom. The predicted molar refractivity (Wildman–Crippen MR) is 87.2 cm³/mol. The molecule has 1 amide bonds. The monoisotopic (exact) mass is 328 g/mol. The summed E-state index contributed by atoms with van der Waals surface area (Å²) >= 11 is 0. The van der Waals surface area contributed by atoms with Gasteiger partial charge in [0.1, 0.15) is 17.1 Å². The number of ether oxygens (including phenoxy) is 1. The van der Waals surface area contributed by atoms with Crippen molar-refractivity contribution in [2.45, 2.75) is 20.3 Å². The summed E-state index contributed by atoms with van der Waals surface area (Å²) in [6.07, 6.45) is 0.724. The molecule has 0 aliphatic carbocycles. The van der Waals surface area contributed by atoms with Gasteiger partial charge in [-0.2, -0.15) is 0 Å². The van der Waals surface area contributed by atoms with Gasteiger partial charge < -0.3 is 19.0 Å². The average Bonchev–Trinajstić information content (AvgIpc) is 2.96. The summed E-state index contributed by atoms with van der Waals surface area (Å²) in [7, 11) is 0. The highest BCUT2D eigenvalue weighted by molar-refractivity contribution is 5.91. The molecule has 124 valence electrons. The van der Waals surface area contributed by atoms with Crippen molar-refractivity contribution in [3.8, 4) is 5.75 Å². The summed E-state index contributed by atoms with van der Waals surface area (Å²) in [5.41, 5.74) is 0.937. The molecule has 0 saturated carbocycles. The summed E-state index contributed by atoms with van der Waals surface area (Å²) in [4.78, 5) is 23.4. The summed E-state index contributed by atoms with van der Waals surface area (Å²) in [6.45, 7) is 3.50. The molecule has 0 saturated heterocycles.